The Bertz CT molecular complexity index is 1130. The summed E-state index contributed by atoms with van der Waals surface area (Å²) in [6.45, 7) is 8.26. The van der Waals surface area contributed by atoms with Crippen molar-refractivity contribution >= 4 is 29.9 Å². The number of amides is 4. The second kappa shape index (κ2) is 10.7. The largest absolute Gasteiger partial charge is 0.449 e. The maximum Gasteiger partial charge on any atom is 0.430 e. The smallest absolute Gasteiger partial charge is 0.430 e. The quantitative estimate of drug-likeness (QED) is 0.477. The van der Waals surface area contributed by atoms with Gasteiger partial charge in [-0.25, -0.2) is 24.7 Å². The lowest BCUT2D eigenvalue weighted by molar-refractivity contribution is -0.131. The van der Waals surface area contributed by atoms with Crippen LogP contribution in [0.5, 0.6) is 0 Å². The molecule has 0 saturated carbocycles. The van der Waals surface area contributed by atoms with E-state index in [-0.39, 0.29) is 25.3 Å². The fraction of sp³-hybridized carbons (Fsp3) is 0.385. The number of nitrogens with zero attached hydrogens (tertiary/aromatic N) is 2. The Hall–Kier alpha value is -4.08. The summed E-state index contributed by atoms with van der Waals surface area (Å²) in [6.07, 6.45) is -2.93. The lowest BCUT2D eigenvalue weighted by Gasteiger charge is -2.38. The van der Waals surface area contributed by atoms with Crippen molar-refractivity contribution in [3.05, 3.63) is 65.7 Å². The van der Waals surface area contributed by atoms with Crippen molar-refractivity contribution in [3.63, 3.8) is 0 Å². The van der Waals surface area contributed by atoms with Crippen LogP contribution in [-0.2, 0) is 31.0 Å². The molecule has 2 aromatic rings. The predicted octanol–water partition coefficient (Wildman–Crippen LogP) is 4.53. The Morgan fingerprint density at radius 1 is 0.944 bits per heavy atom. The van der Waals surface area contributed by atoms with Crippen molar-refractivity contribution < 1.29 is 33.4 Å². The average Bonchev–Trinajstić information content (AvgIpc) is 3.06. The summed E-state index contributed by atoms with van der Waals surface area (Å²) >= 11 is 0. The predicted molar refractivity (Wildman–Crippen MR) is 131 cm³/mol. The van der Waals surface area contributed by atoms with Gasteiger partial charge in [0.25, 0.3) is 5.91 Å². The van der Waals surface area contributed by atoms with Gasteiger partial charge in [-0.3, -0.25) is 4.79 Å². The molecule has 1 N–H and O–H groups in total. The highest BCUT2D eigenvalue weighted by Gasteiger charge is 2.60. The summed E-state index contributed by atoms with van der Waals surface area (Å²) in [6, 6.07) is 15.5. The number of hydrazine groups is 1. The second-order valence-electron chi connectivity index (χ2n) is 9.03. The SMILES string of the molecule is CCOC(=O)NN(C(=O)OCC)C1(Cc2ccccc2)C(=O)N(C(=O)OC(C)(C)C)c2ccccc21. The third-order valence-corrected chi connectivity index (χ3v) is 5.34. The summed E-state index contributed by atoms with van der Waals surface area (Å²) in [4.78, 5) is 54.2. The lowest BCUT2D eigenvalue weighted by Crippen LogP contribution is -2.63. The fourth-order valence-electron chi connectivity index (χ4n) is 4.01. The van der Waals surface area contributed by atoms with Gasteiger partial charge >= 0.3 is 18.3 Å². The molecule has 0 spiro atoms. The highest BCUT2D eigenvalue weighted by Crippen LogP contribution is 2.46. The van der Waals surface area contributed by atoms with E-state index in [1.807, 2.05) is 6.07 Å². The summed E-state index contributed by atoms with van der Waals surface area (Å²) < 4.78 is 15.7. The minimum absolute atomic E-state index is 0.0210. The van der Waals surface area contributed by atoms with E-state index in [4.69, 9.17) is 14.2 Å². The molecule has 10 heteroatoms. The maximum atomic E-state index is 14.3. The monoisotopic (exact) mass is 497 g/mol. The van der Waals surface area contributed by atoms with Gasteiger partial charge in [-0.15, -0.1) is 0 Å². The van der Waals surface area contributed by atoms with Crippen molar-refractivity contribution in [1.82, 2.24) is 10.4 Å². The molecule has 0 aliphatic carbocycles. The maximum absolute atomic E-state index is 14.3. The molecule has 0 saturated heterocycles. The van der Waals surface area contributed by atoms with Gasteiger partial charge in [0, 0.05) is 12.0 Å². The second-order valence-corrected chi connectivity index (χ2v) is 9.03. The molecule has 1 heterocycles. The lowest BCUT2D eigenvalue weighted by atomic mass is 9.84. The Kier molecular flexibility index (Phi) is 7.87. The van der Waals surface area contributed by atoms with E-state index in [0.717, 1.165) is 9.91 Å². The third kappa shape index (κ3) is 5.27. The fourth-order valence-corrected chi connectivity index (χ4v) is 4.01. The van der Waals surface area contributed by atoms with Crippen LogP contribution < -0.4 is 10.3 Å². The number of imide groups is 1. The number of hydrogen-bond donors (Lipinski definition) is 1. The molecule has 0 radical (unpaired) electrons. The topological polar surface area (TPSA) is 114 Å². The molecule has 0 fully saturated rings. The van der Waals surface area contributed by atoms with Crippen LogP contribution in [0, 0.1) is 0 Å². The van der Waals surface area contributed by atoms with Crippen LogP contribution in [0.2, 0.25) is 0 Å². The van der Waals surface area contributed by atoms with Gasteiger partial charge in [-0.05, 0) is 46.2 Å². The number of nitrogens with one attached hydrogen (secondary N) is 1. The molecule has 192 valence electrons. The van der Waals surface area contributed by atoms with Gasteiger partial charge in [0.05, 0.1) is 18.9 Å². The summed E-state index contributed by atoms with van der Waals surface area (Å²) in [7, 11) is 0. The van der Waals surface area contributed by atoms with Crippen molar-refractivity contribution in [2.75, 3.05) is 18.1 Å². The van der Waals surface area contributed by atoms with Crippen LogP contribution >= 0.6 is 0 Å². The number of rotatable bonds is 5. The average molecular weight is 498 g/mol. The number of hydrogen-bond acceptors (Lipinski definition) is 7. The molecule has 36 heavy (non-hydrogen) atoms. The van der Waals surface area contributed by atoms with Crippen LogP contribution in [0.15, 0.2) is 54.6 Å². The highest BCUT2D eigenvalue weighted by molar-refractivity contribution is 6.21. The normalized spacial score (nSPS) is 16.7. The van der Waals surface area contributed by atoms with Gasteiger partial charge in [-0.1, -0.05) is 48.5 Å². The van der Waals surface area contributed by atoms with Crippen molar-refractivity contribution in [2.45, 2.75) is 52.2 Å². The molecule has 2 aromatic carbocycles. The highest BCUT2D eigenvalue weighted by atomic mass is 16.6. The number of ether oxygens (including phenoxy) is 3. The number of carbonyl (C=O) groups excluding carboxylic acids is 4. The van der Waals surface area contributed by atoms with Gasteiger partial charge in [0.1, 0.15) is 5.60 Å². The first kappa shape index (κ1) is 26.5. The first-order chi connectivity index (χ1) is 17.0. The first-order valence-electron chi connectivity index (χ1n) is 11.7. The third-order valence-electron chi connectivity index (χ3n) is 5.34. The van der Waals surface area contributed by atoms with E-state index in [1.54, 1.807) is 83.1 Å². The molecule has 3 rings (SSSR count). The van der Waals surface area contributed by atoms with Crippen molar-refractivity contribution in [3.8, 4) is 0 Å². The van der Waals surface area contributed by atoms with Crippen LogP contribution in [0.3, 0.4) is 0 Å². The number of benzene rings is 2. The Morgan fingerprint density at radius 3 is 2.17 bits per heavy atom. The van der Waals surface area contributed by atoms with E-state index in [2.05, 4.69) is 5.43 Å². The first-order valence-corrected chi connectivity index (χ1v) is 11.7. The summed E-state index contributed by atoms with van der Waals surface area (Å²) in [5.74, 6) is -0.786. The van der Waals surface area contributed by atoms with E-state index < -0.39 is 35.3 Å². The van der Waals surface area contributed by atoms with Crippen LogP contribution in [0.4, 0.5) is 20.1 Å². The number of fused-ring (bicyclic) bond motifs is 1. The molecule has 4 amide bonds. The molecule has 10 nitrogen and oxygen atoms in total. The zero-order chi connectivity index (χ0) is 26.5. The van der Waals surface area contributed by atoms with Crippen molar-refractivity contribution in [1.29, 1.82) is 0 Å². The van der Waals surface area contributed by atoms with Crippen LogP contribution in [0.1, 0.15) is 45.7 Å². The zero-order valence-corrected chi connectivity index (χ0v) is 21.1. The minimum atomic E-state index is -1.88. The van der Waals surface area contributed by atoms with Gasteiger partial charge < -0.3 is 14.2 Å². The van der Waals surface area contributed by atoms with Gasteiger partial charge in [0.2, 0.25) is 0 Å². The zero-order valence-electron chi connectivity index (χ0n) is 21.1. The molecular formula is C26H31N3O7. The summed E-state index contributed by atoms with van der Waals surface area (Å²) in [5.41, 5.74) is 0.830. The molecule has 1 aliphatic rings. The van der Waals surface area contributed by atoms with Crippen LogP contribution in [0.25, 0.3) is 0 Å². The molecule has 1 atom stereocenters. The standard InChI is InChI=1S/C26H31N3O7/c1-6-34-22(31)27-29(24(33)35-7-2)26(17-18-13-9-8-10-14-18)19-15-11-12-16-20(19)28(21(26)30)23(32)36-25(3,4)5/h8-16H,6-7,17H2,1-5H3,(H,27,31). The molecule has 0 bridgehead atoms. The van der Waals surface area contributed by atoms with Gasteiger partial charge in [0.15, 0.2) is 5.54 Å². The molecule has 1 aliphatic heterocycles. The van der Waals surface area contributed by atoms with Crippen LogP contribution in [-0.4, -0.2) is 48.0 Å². The number of carbonyl (C=O) groups is 4. The molecular weight excluding hydrogens is 466 g/mol. The Balaban J connectivity index is 2.26. The van der Waals surface area contributed by atoms with E-state index in [1.165, 1.54) is 0 Å². The van der Waals surface area contributed by atoms with E-state index in [9.17, 15) is 19.2 Å². The van der Waals surface area contributed by atoms with E-state index in [0.29, 0.717) is 11.1 Å². The number of anilines is 1. The molecule has 0 aromatic heterocycles. The minimum Gasteiger partial charge on any atom is -0.449 e. The van der Waals surface area contributed by atoms with Crippen molar-refractivity contribution in [2.24, 2.45) is 0 Å². The van der Waals surface area contributed by atoms with E-state index >= 15 is 0 Å². The Labute approximate surface area is 210 Å². The Morgan fingerprint density at radius 2 is 1.56 bits per heavy atom. The number of para-hydroxylation sites is 1. The summed E-state index contributed by atoms with van der Waals surface area (Å²) in [5, 5.41) is 0.813. The molecule has 1 unspecified atom stereocenters. The van der Waals surface area contributed by atoms with Gasteiger partial charge in [-0.2, -0.15) is 5.01 Å².